The molecule has 0 unspecified atom stereocenters. The van der Waals surface area contributed by atoms with Crippen LogP contribution in [0.15, 0.2) is 18.3 Å². The lowest BCUT2D eigenvalue weighted by atomic mass is 10.3. The van der Waals surface area contributed by atoms with E-state index in [0.717, 1.165) is 26.0 Å². The van der Waals surface area contributed by atoms with Crippen molar-refractivity contribution in [3.05, 3.63) is 24.1 Å². The molecular formula is C13H19FN4O2. The molecule has 2 aromatic rings. The van der Waals surface area contributed by atoms with Crippen LogP contribution in [-0.2, 0) is 9.47 Å². The highest BCUT2D eigenvalue weighted by Gasteiger charge is 2.03. The van der Waals surface area contributed by atoms with E-state index in [9.17, 15) is 4.39 Å². The molecule has 0 aliphatic carbocycles. The number of anilines is 1. The Bertz CT molecular complexity index is 532. The molecule has 0 bridgehead atoms. The highest BCUT2D eigenvalue weighted by atomic mass is 19.1. The first-order chi connectivity index (χ1) is 9.79. The predicted octanol–water partition coefficient (Wildman–Crippen LogP) is 1.72. The second-order valence-electron chi connectivity index (χ2n) is 4.32. The Kier molecular flexibility index (Phi) is 5.69. The predicted molar refractivity (Wildman–Crippen MR) is 73.4 cm³/mol. The Morgan fingerprint density at radius 3 is 3.00 bits per heavy atom. The number of hydrogen-bond donors (Lipinski definition) is 1. The highest BCUT2D eigenvalue weighted by molar-refractivity contribution is 5.42. The Morgan fingerprint density at radius 2 is 2.15 bits per heavy atom. The minimum atomic E-state index is -0.331. The number of fused-ring (bicyclic) bond motifs is 1. The number of nitrogens with one attached hydrogen (secondary N) is 1. The Balaban J connectivity index is 1.65. The molecule has 0 atom stereocenters. The molecule has 0 amide bonds. The molecule has 2 heterocycles. The third-order valence-corrected chi connectivity index (χ3v) is 2.73. The van der Waals surface area contributed by atoms with E-state index in [1.807, 2.05) is 0 Å². The van der Waals surface area contributed by atoms with E-state index in [1.165, 1.54) is 16.8 Å². The van der Waals surface area contributed by atoms with Crippen LogP contribution in [0.5, 0.6) is 0 Å². The SMILES string of the molecule is COCCOCCCCNc1nc2ccc(F)cn2n1. The third kappa shape index (κ3) is 4.43. The van der Waals surface area contributed by atoms with Gasteiger partial charge in [-0.15, -0.1) is 5.10 Å². The van der Waals surface area contributed by atoms with Gasteiger partial charge in [-0.25, -0.2) is 8.91 Å². The summed E-state index contributed by atoms with van der Waals surface area (Å²) in [5.74, 6) is 0.179. The van der Waals surface area contributed by atoms with Gasteiger partial charge in [0, 0.05) is 20.3 Å². The molecule has 7 heteroatoms. The number of halogens is 1. The second kappa shape index (κ2) is 7.76. The Hall–Kier alpha value is -1.73. The van der Waals surface area contributed by atoms with Crippen molar-refractivity contribution in [2.24, 2.45) is 0 Å². The summed E-state index contributed by atoms with van der Waals surface area (Å²) in [6, 6.07) is 2.96. The van der Waals surface area contributed by atoms with Crippen LogP contribution < -0.4 is 5.32 Å². The Labute approximate surface area is 116 Å². The molecular weight excluding hydrogens is 263 g/mol. The zero-order valence-electron chi connectivity index (χ0n) is 11.5. The van der Waals surface area contributed by atoms with E-state index in [4.69, 9.17) is 9.47 Å². The van der Waals surface area contributed by atoms with E-state index in [-0.39, 0.29) is 5.82 Å². The number of ether oxygens (including phenoxy) is 2. The molecule has 0 saturated heterocycles. The molecule has 1 N–H and O–H groups in total. The van der Waals surface area contributed by atoms with Crippen molar-refractivity contribution in [2.45, 2.75) is 12.8 Å². The molecule has 0 saturated carbocycles. The van der Waals surface area contributed by atoms with Crippen molar-refractivity contribution >= 4 is 11.6 Å². The summed E-state index contributed by atoms with van der Waals surface area (Å²) in [6.07, 6.45) is 3.22. The van der Waals surface area contributed by atoms with Crippen LogP contribution in [0.25, 0.3) is 5.65 Å². The fourth-order valence-electron chi connectivity index (χ4n) is 1.71. The lowest BCUT2D eigenvalue weighted by Gasteiger charge is -2.03. The van der Waals surface area contributed by atoms with Gasteiger partial charge in [0.25, 0.3) is 0 Å². The van der Waals surface area contributed by atoms with Crippen LogP contribution in [0, 0.1) is 5.82 Å². The van der Waals surface area contributed by atoms with Gasteiger partial charge in [0.05, 0.1) is 19.4 Å². The zero-order chi connectivity index (χ0) is 14.2. The Morgan fingerprint density at radius 1 is 1.25 bits per heavy atom. The van der Waals surface area contributed by atoms with Gasteiger partial charge in [-0.1, -0.05) is 0 Å². The monoisotopic (exact) mass is 282 g/mol. The van der Waals surface area contributed by atoms with Crippen LogP contribution >= 0.6 is 0 Å². The van der Waals surface area contributed by atoms with Gasteiger partial charge < -0.3 is 14.8 Å². The summed E-state index contributed by atoms with van der Waals surface area (Å²) in [6.45, 7) is 2.73. The van der Waals surface area contributed by atoms with Crippen LogP contribution in [0.3, 0.4) is 0 Å². The normalized spacial score (nSPS) is 11.1. The maximum atomic E-state index is 13.0. The first-order valence-corrected chi connectivity index (χ1v) is 6.62. The number of rotatable bonds is 9. The molecule has 0 spiro atoms. The summed E-state index contributed by atoms with van der Waals surface area (Å²) < 4.78 is 24.7. The standard InChI is InChI=1S/C13H19FN4O2/c1-19-8-9-20-7-3-2-6-15-13-16-12-5-4-11(14)10-18(12)17-13/h4-5,10H,2-3,6-9H2,1H3,(H,15,17). The van der Waals surface area contributed by atoms with E-state index in [0.29, 0.717) is 24.8 Å². The molecule has 2 aromatic heterocycles. The van der Waals surface area contributed by atoms with Gasteiger partial charge in [-0.2, -0.15) is 4.98 Å². The fourth-order valence-corrected chi connectivity index (χ4v) is 1.71. The number of methoxy groups -OCH3 is 1. The molecule has 0 fully saturated rings. The maximum Gasteiger partial charge on any atom is 0.243 e. The quantitative estimate of drug-likeness (QED) is 0.710. The van der Waals surface area contributed by atoms with Crippen molar-refractivity contribution in [1.29, 1.82) is 0 Å². The van der Waals surface area contributed by atoms with Gasteiger partial charge in [-0.05, 0) is 25.0 Å². The molecule has 110 valence electrons. The summed E-state index contributed by atoms with van der Waals surface area (Å²) in [5, 5.41) is 7.25. The second-order valence-corrected chi connectivity index (χ2v) is 4.32. The van der Waals surface area contributed by atoms with E-state index < -0.39 is 0 Å². The summed E-state index contributed by atoms with van der Waals surface area (Å²) >= 11 is 0. The van der Waals surface area contributed by atoms with Crippen molar-refractivity contribution in [3.8, 4) is 0 Å². The summed E-state index contributed by atoms with van der Waals surface area (Å²) in [7, 11) is 1.65. The van der Waals surface area contributed by atoms with Crippen molar-refractivity contribution in [3.63, 3.8) is 0 Å². The first-order valence-electron chi connectivity index (χ1n) is 6.62. The van der Waals surface area contributed by atoms with Crippen LogP contribution in [0.1, 0.15) is 12.8 Å². The molecule has 20 heavy (non-hydrogen) atoms. The maximum absolute atomic E-state index is 13.0. The van der Waals surface area contributed by atoms with Crippen LogP contribution in [-0.4, -0.2) is 48.1 Å². The van der Waals surface area contributed by atoms with Gasteiger partial charge in [0.2, 0.25) is 5.95 Å². The number of hydrogen-bond acceptors (Lipinski definition) is 5. The average Bonchev–Trinajstić information content (AvgIpc) is 2.83. The third-order valence-electron chi connectivity index (χ3n) is 2.73. The fraction of sp³-hybridized carbons (Fsp3) is 0.538. The van der Waals surface area contributed by atoms with Crippen molar-refractivity contribution in [2.75, 3.05) is 38.8 Å². The summed E-state index contributed by atoms with van der Waals surface area (Å²) in [4.78, 5) is 4.24. The summed E-state index contributed by atoms with van der Waals surface area (Å²) in [5.41, 5.74) is 0.622. The minimum absolute atomic E-state index is 0.331. The number of nitrogens with zero attached hydrogens (tertiary/aromatic N) is 3. The highest BCUT2D eigenvalue weighted by Crippen LogP contribution is 2.06. The molecule has 0 aromatic carbocycles. The smallest absolute Gasteiger partial charge is 0.243 e. The zero-order valence-corrected chi connectivity index (χ0v) is 11.5. The van der Waals surface area contributed by atoms with E-state index in [2.05, 4.69) is 15.4 Å². The van der Waals surface area contributed by atoms with E-state index in [1.54, 1.807) is 13.2 Å². The molecule has 0 aliphatic rings. The van der Waals surface area contributed by atoms with Gasteiger partial charge in [-0.3, -0.25) is 0 Å². The van der Waals surface area contributed by atoms with Crippen molar-refractivity contribution in [1.82, 2.24) is 14.6 Å². The number of aromatic nitrogens is 3. The lowest BCUT2D eigenvalue weighted by molar-refractivity contribution is 0.0691. The average molecular weight is 282 g/mol. The van der Waals surface area contributed by atoms with E-state index >= 15 is 0 Å². The van der Waals surface area contributed by atoms with Gasteiger partial charge in [0.1, 0.15) is 5.82 Å². The van der Waals surface area contributed by atoms with Crippen LogP contribution in [0.4, 0.5) is 10.3 Å². The number of pyridine rings is 1. The molecule has 0 aliphatic heterocycles. The number of unbranched alkanes of at least 4 members (excludes halogenated alkanes) is 1. The van der Waals surface area contributed by atoms with Gasteiger partial charge in [0.15, 0.2) is 5.65 Å². The largest absolute Gasteiger partial charge is 0.382 e. The van der Waals surface area contributed by atoms with Gasteiger partial charge >= 0.3 is 0 Å². The minimum Gasteiger partial charge on any atom is -0.382 e. The van der Waals surface area contributed by atoms with Crippen molar-refractivity contribution < 1.29 is 13.9 Å². The van der Waals surface area contributed by atoms with Crippen LogP contribution in [0.2, 0.25) is 0 Å². The topological polar surface area (TPSA) is 60.7 Å². The molecule has 0 radical (unpaired) electrons. The molecule has 2 rings (SSSR count). The lowest BCUT2D eigenvalue weighted by Crippen LogP contribution is -2.07. The molecule has 6 nitrogen and oxygen atoms in total. The first kappa shape index (κ1) is 14.7.